The van der Waals surface area contributed by atoms with E-state index in [2.05, 4.69) is 0 Å². The van der Waals surface area contributed by atoms with Crippen molar-refractivity contribution in [2.45, 2.75) is 13.3 Å². The van der Waals surface area contributed by atoms with Gasteiger partial charge in [-0.2, -0.15) is 0 Å². The van der Waals surface area contributed by atoms with E-state index in [1.165, 1.54) is 6.26 Å². The van der Waals surface area contributed by atoms with Gasteiger partial charge in [-0.25, -0.2) is 8.42 Å². The Morgan fingerprint density at radius 3 is 2.62 bits per heavy atom. The Labute approximate surface area is 101 Å². The van der Waals surface area contributed by atoms with E-state index < -0.39 is 9.84 Å². The predicted molar refractivity (Wildman–Crippen MR) is 66.0 cm³/mol. The fraction of sp³-hybridized carbons (Fsp3) is 0.455. The molecule has 0 fully saturated rings. The van der Waals surface area contributed by atoms with Gasteiger partial charge < -0.3 is 4.74 Å². The summed E-state index contributed by atoms with van der Waals surface area (Å²) >= 11 is 5.96. The summed E-state index contributed by atoms with van der Waals surface area (Å²) in [4.78, 5) is 0. The maximum absolute atomic E-state index is 10.9. The average molecular weight is 263 g/mol. The lowest BCUT2D eigenvalue weighted by Gasteiger charge is -2.07. The first-order valence-corrected chi connectivity index (χ1v) is 7.39. The highest BCUT2D eigenvalue weighted by Crippen LogP contribution is 2.25. The largest absolute Gasteiger partial charge is 0.492 e. The summed E-state index contributed by atoms with van der Waals surface area (Å²) < 4.78 is 27.1. The molecular weight excluding hydrogens is 248 g/mol. The molecule has 0 aromatic heterocycles. The molecule has 0 N–H and O–H groups in total. The third-order valence-electron chi connectivity index (χ3n) is 2.00. The first-order chi connectivity index (χ1) is 7.38. The first-order valence-electron chi connectivity index (χ1n) is 4.95. The lowest BCUT2D eigenvalue weighted by Crippen LogP contribution is -2.08. The molecule has 1 rings (SSSR count). The van der Waals surface area contributed by atoms with Crippen LogP contribution >= 0.6 is 11.6 Å². The highest BCUT2D eigenvalue weighted by Gasteiger charge is 2.04. The van der Waals surface area contributed by atoms with Crippen LogP contribution in [0.5, 0.6) is 5.75 Å². The van der Waals surface area contributed by atoms with Crippen molar-refractivity contribution in [3.63, 3.8) is 0 Å². The van der Waals surface area contributed by atoms with Gasteiger partial charge in [0.15, 0.2) is 0 Å². The SMILES string of the molecule is Cc1ccc(OCCCS(C)(=O)=O)c(Cl)c1. The van der Waals surface area contributed by atoms with Gasteiger partial charge in [0.2, 0.25) is 0 Å². The highest BCUT2D eigenvalue weighted by molar-refractivity contribution is 7.90. The molecule has 0 aliphatic rings. The highest BCUT2D eigenvalue weighted by atomic mass is 35.5. The van der Waals surface area contributed by atoms with E-state index in [1.54, 1.807) is 6.07 Å². The van der Waals surface area contributed by atoms with Gasteiger partial charge in [0.25, 0.3) is 0 Å². The molecule has 0 aliphatic carbocycles. The van der Waals surface area contributed by atoms with Crippen molar-refractivity contribution < 1.29 is 13.2 Å². The summed E-state index contributed by atoms with van der Waals surface area (Å²) in [5.41, 5.74) is 1.06. The van der Waals surface area contributed by atoms with Gasteiger partial charge in [-0.05, 0) is 31.0 Å². The Morgan fingerprint density at radius 1 is 1.38 bits per heavy atom. The molecule has 0 saturated carbocycles. The molecule has 0 radical (unpaired) electrons. The van der Waals surface area contributed by atoms with Crippen molar-refractivity contribution >= 4 is 21.4 Å². The van der Waals surface area contributed by atoms with Crippen LogP contribution in [-0.2, 0) is 9.84 Å². The zero-order valence-electron chi connectivity index (χ0n) is 9.36. The first kappa shape index (κ1) is 13.3. The van der Waals surface area contributed by atoms with Gasteiger partial charge >= 0.3 is 0 Å². The van der Waals surface area contributed by atoms with Gasteiger partial charge in [0.05, 0.1) is 17.4 Å². The summed E-state index contributed by atoms with van der Waals surface area (Å²) in [6.07, 6.45) is 1.69. The van der Waals surface area contributed by atoms with E-state index in [9.17, 15) is 8.42 Å². The van der Waals surface area contributed by atoms with Crippen LogP contribution in [0.1, 0.15) is 12.0 Å². The number of ether oxygens (including phenoxy) is 1. The topological polar surface area (TPSA) is 43.4 Å². The minimum Gasteiger partial charge on any atom is -0.492 e. The summed E-state index contributed by atoms with van der Waals surface area (Å²) in [6.45, 7) is 2.30. The molecule has 1 aromatic carbocycles. The fourth-order valence-electron chi connectivity index (χ4n) is 1.23. The van der Waals surface area contributed by atoms with Crippen molar-refractivity contribution in [2.75, 3.05) is 18.6 Å². The van der Waals surface area contributed by atoms with E-state index in [4.69, 9.17) is 16.3 Å². The van der Waals surface area contributed by atoms with E-state index in [1.807, 2.05) is 19.1 Å². The van der Waals surface area contributed by atoms with E-state index in [0.29, 0.717) is 23.8 Å². The van der Waals surface area contributed by atoms with Crippen molar-refractivity contribution in [1.82, 2.24) is 0 Å². The smallest absolute Gasteiger partial charge is 0.147 e. The normalized spacial score (nSPS) is 11.4. The third kappa shape index (κ3) is 4.86. The van der Waals surface area contributed by atoms with Crippen molar-refractivity contribution in [3.05, 3.63) is 28.8 Å². The minimum atomic E-state index is -2.91. The van der Waals surface area contributed by atoms with Gasteiger partial charge in [-0.15, -0.1) is 0 Å². The Kier molecular flexibility index (Phi) is 4.62. The second-order valence-corrected chi connectivity index (χ2v) is 6.43. The molecule has 0 atom stereocenters. The van der Waals surface area contributed by atoms with Gasteiger partial charge in [0.1, 0.15) is 15.6 Å². The van der Waals surface area contributed by atoms with Crippen LogP contribution in [0.2, 0.25) is 5.02 Å². The van der Waals surface area contributed by atoms with Crippen LogP contribution in [0, 0.1) is 6.92 Å². The third-order valence-corrected chi connectivity index (χ3v) is 3.33. The number of halogens is 1. The number of hydrogen-bond donors (Lipinski definition) is 0. The molecule has 90 valence electrons. The molecule has 5 heteroatoms. The van der Waals surface area contributed by atoms with Crippen LogP contribution < -0.4 is 4.74 Å². The minimum absolute atomic E-state index is 0.135. The van der Waals surface area contributed by atoms with E-state index in [0.717, 1.165) is 5.56 Å². The number of aryl methyl sites for hydroxylation is 1. The van der Waals surface area contributed by atoms with Crippen molar-refractivity contribution in [2.24, 2.45) is 0 Å². The number of rotatable bonds is 5. The van der Waals surface area contributed by atoms with Crippen LogP contribution in [0.4, 0.5) is 0 Å². The molecule has 3 nitrogen and oxygen atoms in total. The molecule has 0 unspecified atom stereocenters. The van der Waals surface area contributed by atoms with Crippen molar-refractivity contribution in [1.29, 1.82) is 0 Å². The summed E-state index contributed by atoms with van der Waals surface area (Å²) in [6, 6.07) is 5.50. The molecular formula is C11H15ClO3S. The molecule has 0 saturated heterocycles. The summed E-state index contributed by atoms with van der Waals surface area (Å²) in [5.74, 6) is 0.733. The summed E-state index contributed by atoms with van der Waals surface area (Å²) in [7, 11) is -2.91. The zero-order valence-corrected chi connectivity index (χ0v) is 10.9. The second-order valence-electron chi connectivity index (χ2n) is 3.77. The Hall–Kier alpha value is -0.740. The molecule has 0 heterocycles. The van der Waals surface area contributed by atoms with Gasteiger partial charge in [-0.1, -0.05) is 17.7 Å². The lowest BCUT2D eigenvalue weighted by atomic mass is 10.2. The Bertz CT molecular complexity index is 454. The average Bonchev–Trinajstić information content (AvgIpc) is 2.13. The van der Waals surface area contributed by atoms with Crippen LogP contribution in [-0.4, -0.2) is 27.0 Å². The van der Waals surface area contributed by atoms with E-state index in [-0.39, 0.29) is 5.75 Å². The molecule has 0 spiro atoms. The maximum atomic E-state index is 10.9. The van der Waals surface area contributed by atoms with Crippen LogP contribution in [0.15, 0.2) is 18.2 Å². The molecule has 1 aromatic rings. The predicted octanol–water partition coefficient (Wildman–Crippen LogP) is 2.46. The fourth-order valence-corrected chi connectivity index (χ4v) is 2.16. The number of hydrogen-bond acceptors (Lipinski definition) is 3. The molecule has 16 heavy (non-hydrogen) atoms. The summed E-state index contributed by atoms with van der Waals surface area (Å²) in [5, 5.41) is 0.555. The standard InChI is InChI=1S/C11H15ClO3S/c1-9-4-5-11(10(12)8-9)15-6-3-7-16(2,13)14/h4-5,8H,3,6-7H2,1-2H3. The molecule has 0 bridgehead atoms. The number of benzene rings is 1. The molecule has 0 amide bonds. The van der Waals surface area contributed by atoms with Gasteiger partial charge in [0, 0.05) is 6.26 Å². The van der Waals surface area contributed by atoms with Crippen LogP contribution in [0.3, 0.4) is 0 Å². The second kappa shape index (κ2) is 5.55. The number of sulfone groups is 1. The van der Waals surface area contributed by atoms with E-state index >= 15 is 0 Å². The van der Waals surface area contributed by atoms with Gasteiger partial charge in [-0.3, -0.25) is 0 Å². The quantitative estimate of drug-likeness (QED) is 0.766. The van der Waals surface area contributed by atoms with Crippen LogP contribution in [0.25, 0.3) is 0 Å². The molecule has 0 aliphatic heterocycles. The monoisotopic (exact) mass is 262 g/mol. The Morgan fingerprint density at radius 2 is 2.06 bits per heavy atom. The zero-order chi connectivity index (χ0) is 12.2. The Balaban J connectivity index is 2.43. The van der Waals surface area contributed by atoms with Crippen molar-refractivity contribution in [3.8, 4) is 5.75 Å². The maximum Gasteiger partial charge on any atom is 0.147 e. The lowest BCUT2D eigenvalue weighted by molar-refractivity contribution is 0.318.